The van der Waals surface area contributed by atoms with E-state index in [1.165, 1.54) is 5.56 Å². The number of hydrogen-bond donors (Lipinski definition) is 1. The summed E-state index contributed by atoms with van der Waals surface area (Å²) in [5, 5.41) is 0. The SMILES string of the molecule is N[C@@H](CCc1ccco1)c1ccccc1. The number of nitrogens with two attached hydrogens (primary N) is 1. The van der Waals surface area contributed by atoms with Crippen LogP contribution in [-0.2, 0) is 6.42 Å². The van der Waals surface area contributed by atoms with Gasteiger partial charge >= 0.3 is 0 Å². The Morgan fingerprint density at radius 2 is 1.87 bits per heavy atom. The molecule has 0 saturated heterocycles. The average molecular weight is 201 g/mol. The van der Waals surface area contributed by atoms with Gasteiger partial charge in [0.05, 0.1) is 6.26 Å². The molecule has 0 aliphatic rings. The number of rotatable bonds is 4. The molecule has 2 aromatic rings. The van der Waals surface area contributed by atoms with Crippen LogP contribution in [0.2, 0.25) is 0 Å². The molecule has 78 valence electrons. The zero-order valence-corrected chi connectivity index (χ0v) is 8.60. The first kappa shape index (κ1) is 9.99. The Morgan fingerprint density at radius 1 is 1.07 bits per heavy atom. The predicted octanol–water partition coefficient (Wildman–Crippen LogP) is 2.91. The topological polar surface area (TPSA) is 39.2 Å². The highest BCUT2D eigenvalue weighted by Crippen LogP contribution is 2.16. The lowest BCUT2D eigenvalue weighted by molar-refractivity contribution is 0.488. The van der Waals surface area contributed by atoms with Crippen molar-refractivity contribution in [3.05, 3.63) is 60.1 Å². The van der Waals surface area contributed by atoms with Crippen LogP contribution in [0.15, 0.2) is 53.1 Å². The van der Waals surface area contributed by atoms with Crippen molar-refractivity contribution >= 4 is 0 Å². The summed E-state index contributed by atoms with van der Waals surface area (Å²) in [5.41, 5.74) is 7.25. The molecule has 1 heterocycles. The molecule has 0 fully saturated rings. The maximum Gasteiger partial charge on any atom is 0.103 e. The second-order valence-electron chi connectivity index (χ2n) is 3.64. The molecule has 0 aliphatic heterocycles. The van der Waals surface area contributed by atoms with Gasteiger partial charge in [-0.3, -0.25) is 0 Å². The minimum atomic E-state index is 0.0938. The lowest BCUT2D eigenvalue weighted by Gasteiger charge is -2.10. The molecule has 1 atom stereocenters. The zero-order chi connectivity index (χ0) is 10.5. The van der Waals surface area contributed by atoms with Crippen molar-refractivity contribution in [1.82, 2.24) is 0 Å². The van der Waals surface area contributed by atoms with Crippen LogP contribution in [0, 0.1) is 0 Å². The summed E-state index contributed by atoms with van der Waals surface area (Å²) in [6.45, 7) is 0. The molecule has 15 heavy (non-hydrogen) atoms. The Kier molecular flexibility index (Phi) is 3.20. The number of furan rings is 1. The van der Waals surface area contributed by atoms with Crippen LogP contribution in [0.25, 0.3) is 0 Å². The van der Waals surface area contributed by atoms with Gasteiger partial charge in [-0.25, -0.2) is 0 Å². The molecule has 2 N–H and O–H groups in total. The molecule has 2 rings (SSSR count). The fourth-order valence-electron chi connectivity index (χ4n) is 1.62. The van der Waals surface area contributed by atoms with E-state index in [1.807, 2.05) is 30.3 Å². The quantitative estimate of drug-likeness (QED) is 0.826. The molecule has 0 bridgehead atoms. The predicted molar refractivity (Wildman–Crippen MR) is 60.4 cm³/mol. The maximum atomic E-state index is 6.07. The van der Waals surface area contributed by atoms with E-state index < -0.39 is 0 Å². The average Bonchev–Trinajstić information content (AvgIpc) is 2.80. The molecule has 2 heteroatoms. The fraction of sp³-hybridized carbons (Fsp3) is 0.231. The lowest BCUT2D eigenvalue weighted by Crippen LogP contribution is -2.10. The van der Waals surface area contributed by atoms with Gasteiger partial charge < -0.3 is 10.2 Å². The first-order valence-electron chi connectivity index (χ1n) is 5.19. The smallest absolute Gasteiger partial charge is 0.103 e. The van der Waals surface area contributed by atoms with Gasteiger partial charge in [-0.05, 0) is 24.1 Å². The van der Waals surface area contributed by atoms with Crippen LogP contribution >= 0.6 is 0 Å². The fourth-order valence-corrected chi connectivity index (χ4v) is 1.62. The van der Waals surface area contributed by atoms with E-state index in [-0.39, 0.29) is 6.04 Å². The normalized spacial score (nSPS) is 12.6. The van der Waals surface area contributed by atoms with Crippen molar-refractivity contribution in [1.29, 1.82) is 0 Å². The summed E-state index contributed by atoms with van der Waals surface area (Å²) < 4.78 is 5.26. The van der Waals surface area contributed by atoms with Crippen molar-refractivity contribution in [3.8, 4) is 0 Å². The molecule has 0 radical (unpaired) electrons. The van der Waals surface area contributed by atoms with Gasteiger partial charge in [0.2, 0.25) is 0 Å². The van der Waals surface area contributed by atoms with Gasteiger partial charge in [0, 0.05) is 12.5 Å². The van der Waals surface area contributed by atoms with Crippen molar-refractivity contribution in [2.75, 3.05) is 0 Å². The molecule has 0 saturated carbocycles. The molecule has 0 amide bonds. The van der Waals surface area contributed by atoms with E-state index in [0.29, 0.717) is 0 Å². The highest BCUT2D eigenvalue weighted by Gasteiger charge is 2.06. The number of benzene rings is 1. The van der Waals surface area contributed by atoms with Crippen molar-refractivity contribution in [2.24, 2.45) is 5.73 Å². The van der Waals surface area contributed by atoms with Crippen molar-refractivity contribution in [2.45, 2.75) is 18.9 Å². The third-order valence-corrected chi connectivity index (χ3v) is 2.51. The number of aryl methyl sites for hydroxylation is 1. The third-order valence-electron chi connectivity index (χ3n) is 2.51. The molecular formula is C13H15NO. The van der Waals surface area contributed by atoms with Crippen LogP contribution in [0.1, 0.15) is 23.8 Å². The molecule has 0 aliphatic carbocycles. The van der Waals surface area contributed by atoms with Gasteiger partial charge in [0.25, 0.3) is 0 Å². The standard InChI is InChI=1S/C13H15NO/c14-13(11-5-2-1-3-6-11)9-8-12-7-4-10-15-12/h1-7,10,13H,8-9,14H2/t13-/m0/s1. The Morgan fingerprint density at radius 3 is 2.53 bits per heavy atom. The largest absolute Gasteiger partial charge is 0.469 e. The van der Waals surface area contributed by atoms with E-state index in [1.54, 1.807) is 6.26 Å². The van der Waals surface area contributed by atoms with E-state index in [0.717, 1.165) is 18.6 Å². The van der Waals surface area contributed by atoms with E-state index in [9.17, 15) is 0 Å². The monoisotopic (exact) mass is 201 g/mol. The third kappa shape index (κ3) is 2.70. The van der Waals surface area contributed by atoms with Gasteiger partial charge in [0.1, 0.15) is 5.76 Å². The maximum absolute atomic E-state index is 6.07. The first-order valence-corrected chi connectivity index (χ1v) is 5.19. The molecule has 0 spiro atoms. The molecule has 0 unspecified atom stereocenters. The summed E-state index contributed by atoms with van der Waals surface area (Å²) in [6.07, 6.45) is 3.50. The van der Waals surface area contributed by atoms with Crippen LogP contribution in [-0.4, -0.2) is 0 Å². The molecule has 1 aromatic carbocycles. The van der Waals surface area contributed by atoms with Crippen LogP contribution < -0.4 is 5.73 Å². The molecule has 1 aromatic heterocycles. The molecule has 2 nitrogen and oxygen atoms in total. The van der Waals surface area contributed by atoms with E-state index in [2.05, 4.69) is 12.1 Å². The van der Waals surface area contributed by atoms with E-state index in [4.69, 9.17) is 10.2 Å². The van der Waals surface area contributed by atoms with Crippen LogP contribution in [0.3, 0.4) is 0 Å². The van der Waals surface area contributed by atoms with Gasteiger partial charge in [-0.15, -0.1) is 0 Å². The zero-order valence-electron chi connectivity index (χ0n) is 8.60. The highest BCUT2D eigenvalue weighted by atomic mass is 16.3. The Bertz CT molecular complexity index is 380. The van der Waals surface area contributed by atoms with E-state index >= 15 is 0 Å². The summed E-state index contributed by atoms with van der Waals surface area (Å²) >= 11 is 0. The summed E-state index contributed by atoms with van der Waals surface area (Å²) in [7, 11) is 0. The first-order chi connectivity index (χ1) is 7.36. The lowest BCUT2D eigenvalue weighted by atomic mass is 10.0. The van der Waals surface area contributed by atoms with Crippen LogP contribution in [0.4, 0.5) is 0 Å². The summed E-state index contributed by atoms with van der Waals surface area (Å²) in [4.78, 5) is 0. The summed E-state index contributed by atoms with van der Waals surface area (Å²) in [5.74, 6) is 1.00. The summed E-state index contributed by atoms with van der Waals surface area (Å²) in [6, 6.07) is 14.1. The second kappa shape index (κ2) is 4.80. The highest BCUT2D eigenvalue weighted by molar-refractivity contribution is 5.18. The second-order valence-corrected chi connectivity index (χ2v) is 3.64. The molecular weight excluding hydrogens is 186 g/mol. The van der Waals surface area contributed by atoms with Crippen molar-refractivity contribution in [3.63, 3.8) is 0 Å². The van der Waals surface area contributed by atoms with Crippen LogP contribution in [0.5, 0.6) is 0 Å². The Hall–Kier alpha value is -1.54. The Labute approximate surface area is 89.7 Å². The minimum Gasteiger partial charge on any atom is -0.469 e. The van der Waals surface area contributed by atoms with Crippen molar-refractivity contribution < 1.29 is 4.42 Å². The number of hydrogen-bond acceptors (Lipinski definition) is 2. The minimum absolute atomic E-state index is 0.0938. The van der Waals surface area contributed by atoms with Gasteiger partial charge in [0.15, 0.2) is 0 Å². The Balaban J connectivity index is 1.90. The van der Waals surface area contributed by atoms with Gasteiger partial charge in [-0.2, -0.15) is 0 Å². The van der Waals surface area contributed by atoms with Gasteiger partial charge in [-0.1, -0.05) is 30.3 Å².